The fourth-order valence-corrected chi connectivity index (χ4v) is 5.55. The predicted octanol–water partition coefficient (Wildman–Crippen LogP) is 3.36. The molecule has 9 heteroatoms. The largest absolute Gasteiger partial charge is 0.365 e. The zero-order valence-electron chi connectivity index (χ0n) is 15.0. The van der Waals surface area contributed by atoms with E-state index in [0.717, 1.165) is 19.0 Å². The van der Waals surface area contributed by atoms with E-state index in [9.17, 15) is 17.2 Å². The van der Waals surface area contributed by atoms with Gasteiger partial charge in [-0.2, -0.15) is 4.72 Å². The summed E-state index contributed by atoms with van der Waals surface area (Å²) in [5.41, 5.74) is 0.231. The summed E-state index contributed by atoms with van der Waals surface area (Å²) < 4.78 is 55.3. The number of halogens is 3. The second-order valence-electron chi connectivity index (χ2n) is 7.30. The molecule has 5 nitrogen and oxygen atoms in total. The molecule has 0 saturated carbocycles. The van der Waals surface area contributed by atoms with Gasteiger partial charge in [0.05, 0.1) is 5.69 Å². The van der Waals surface area contributed by atoms with Gasteiger partial charge in [-0.25, -0.2) is 17.2 Å². The van der Waals surface area contributed by atoms with Crippen molar-refractivity contribution in [2.75, 3.05) is 25.0 Å². The van der Waals surface area contributed by atoms with Crippen LogP contribution in [-0.2, 0) is 16.4 Å². The Morgan fingerprint density at radius 1 is 1.11 bits per heavy atom. The number of sulfonamides is 1. The number of anilines is 1. The third-order valence-electron chi connectivity index (χ3n) is 5.32. The Morgan fingerprint density at radius 2 is 1.79 bits per heavy atom. The number of nitrogens with one attached hydrogen (secondary N) is 2. The van der Waals surface area contributed by atoms with Crippen molar-refractivity contribution in [3.8, 4) is 0 Å². The molecular formula is C19H20ClF2N3O2S. The normalized spacial score (nSPS) is 20.5. The van der Waals surface area contributed by atoms with Crippen LogP contribution in [0.3, 0.4) is 0 Å². The fraction of sp³-hybridized carbons (Fsp3) is 0.368. The van der Waals surface area contributed by atoms with Crippen molar-refractivity contribution in [2.45, 2.75) is 29.8 Å². The Kier molecular flexibility index (Phi) is 5.07. The molecule has 2 heterocycles. The Morgan fingerprint density at radius 3 is 2.46 bits per heavy atom. The van der Waals surface area contributed by atoms with E-state index in [1.54, 1.807) is 0 Å². The van der Waals surface area contributed by atoms with Crippen molar-refractivity contribution in [1.82, 2.24) is 9.62 Å². The van der Waals surface area contributed by atoms with Crippen LogP contribution in [-0.4, -0.2) is 38.6 Å². The number of hydrogen-bond acceptors (Lipinski definition) is 4. The lowest BCUT2D eigenvalue weighted by Gasteiger charge is -2.45. The highest BCUT2D eigenvalue weighted by Crippen LogP contribution is 2.36. The molecule has 4 rings (SSSR count). The first-order chi connectivity index (χ1) is 13.3. The summed E-state index contributed by atoms with van der Waals surface area (Å²) in [5, 5.41) is 3.74. The zero-order chi connectivity index (χ0) is 19.9. The standard InChI is InChI=1S/C19H20ClF2N3O2S/c20-14-3-1-13(2-4-14)5-8-25-9-6-19(7-10-25)23-17-12-15(21)11-16(22)18(17)28(26,27)24-19/h1-4,11-12,23-24H,5-10H2. The molecule has 1 fully saturated rings. The van der Waals surface area contributed by atoms with E-state index in [-0.39, 0.29) is 5.69 Å². The van der Waals surface area contributed by atoms with Crippen LogP contribution in [0.5, 0.6) is 0 Å². The first-order valence-corrected chi connectivity index (χ1v) is 10.9. The number of likely N-dealkylation sites (tertiary alicyclic amines) is 1. The molecule has 150 valence electrons. The lowest BCUT2D eigenvalue weighted by molar-refractivity contribution is 0.166. The van der Waals surface area contributed by atoms with E-state index in [2.05, 4.69) is 14.9 Å². The molecule has 2 aliphatic rings. The van der Waals surface area contributed by atoms with Crippen molar-refractivity contribution in [3.05, 3.63) is 58.6 Å². The molecule has 0 atom stereocenters. The molecule has 2 aliphatic heterocycles. The average molecular weight is 428 g/mol. The quantitative estimate of drug-likeness (QED) is 0.788. The second kappa shape index (κ2) is 7.26. The van der Waals surface area contributed by atoms with Gasteiger partial charge < -0.3 is 10.2 Å². The van der Waals surface area contributed by atoms with Crippen molar-refractivity contribution < 1.29 is 17.2 Å². The minimum absolute atomic E-state index is 0.0223. The van der Waals surface area contributed by atoms with E-state index in [4.69, 9.17) is 11.6 Å². The van der Waals surface area contributed by atoms with Gasteiger partial charge in [0.2, 0.25) is 10.0 Å². The summed E-state index contributed by atoms with van der Waals surface area (Å²) in [6.45, 7) is 2.16. The second-order valence-corrected chi connectivity index (χ2v) is 9.35. The third-order valence-corrected chi connectivity index (χ3v) is 7.18. The molecule has 1 saturated heterocycles. The third kappa shape index (κ3) is 3.87. The van der Waals surface area contributed by atoms with Crippen LogP contribution in [0.4, 0.5) is 14.5 Å². The Bertz CT molecular complexity index is 991. The SMILES string of the molecule is O=S1(=O)NC2(CCN(CCc3ccc(Cl)cc3)CC2)Nc2cc(F)cc(F)c21. The molecule has 0 bridgehead atoms. The zero-order valence-corrected chi connectivity index (χ0v) is 16.6. The van der Waals surface area contributed by atoms with Crippen LogP contribution in [0, 0.1) is 11.6 Å². The van der Waals surface area contributed by atoms with E-state index < -0.39 is 32.2 Å². The topological polar surface area (TPSA) is 61.4 Å². The molecule has 2 aromatic carbocycles. The van der Waals surface area contributed by atoms with Crippen molar-refractivity contribution in [3.63, 3.8) is 0 Å². The van der Waals surface area contributed by atoms with Gasteiger partial charge in [-0.15, -0.1) is 0 Å². The van der Waals surface area contributed by atoms with Crippen LogP contribution in [0.2, 0.25) is 5.02 Å². The molecule has 2 aromatic rings. The lowest BCUT2D eigenvalue weighted by Crippen LogP contribution is -2.62. The van der Waals surface area contributed by atoms with Crippen LogP contribution < -0.4 is 10.0 Å². The van der Waals surface area contributed by atoms with E-state index in [0.29, 0.717) is 37.0 Å². The van der Waals surface area contributed by atoms with Gasteiger partial charge in [0.25, 0.3) is 0 Å². The Balaban J connectivity index is 1.44. The minimum atomic E-state index is -4.06. The van der Waals surface area contributed by atoms with Gasteiger partial charge in [0, 0.05) is 30.7 Å². The smallest absolute Gasteiger partial charge is 0.247 e. The van der Waals surface area contributed by atoms with Crippen LogP contribution in [0.1, 0.15) is 18.4 Å². The first-order valence-electron chi connectivity index (χ1n) is 9.04. The number of rotatable bonds is 3. The number of piperidine rings is 1. The van der Waals surface area contributed by atoms with E-state index in [1.807, 2.05) is 24.3 Å². The first kappa shape index (κ1) is 19.6. The highest BCUT2D eigenvalue weighted by Gasteiger charge is 2.44. The molecule has 0 radical (unpaired) electrons. The average Bonchev–Trinajstić information content (AvgIpc) is 2.61. The van der Waals surface area contributed by atoms with Gasteiger partial charge in [-0.3, -0.25) is 0 Å². The van der Waals surface area contributed by atoms with E-state index >= 15 is 0 Å². The molecular weight excluding hydrogens is 408 g/mol. The van der Waals surface area contributed by atoms with Crippen molar-refractivity contribution >= 4 is 27.3 Å². The molecule has 0 amide bonds. The molecule has 2 N–H and O–H groups in total. The van der Waals surface area contributed by atoms with Gasteiger partial charge in [-0.05, 0) is 43.0 Å². The number of nitrogens with zero attached hydrogens (tertiary/aromatic N) is 1. The minimum Gasteiger partial charge on any atom is -0.365 e. The maximum Gasteiger partial charge on any atom is 0.247 e. The summed E-state index contributed by atoms with van der Waals surface area (Å²) in [6.07, 6.45) is 1.84. The molecule has 0 aromatic heterocycles. The van der Waals surface area contributed by atoms with Crippen LogP contribution in [0.25, 0.3) is 0 Å². The predicted molar refractivity (Wildman–Crippen MR) is 104 cm³/mol. The van der Waals surface area contributed by atoms with Crippen LogP contribution >= 0.6 is 11.6 Å². The Hall–Kier alpha value is -1.74. The molecule has 0 unspecified atom stereocenters. The Labute approximate surface area is 167 Å². The van der Waals surface area contributed by atoms with E-state index in [1.165, 1.54) is 5.56 Å². The van der Waals surface area contributed by atoms with Crippen molar-refractivity contribution in [1.29, 1.82) is 0 Å². The molecule has 28 heavy (non-hydrogen) atoms. The highest BCUT2D eigenvalue weighted by molar-refractivity contribution is 7.89. The fourth-order valence-electron chi connectivity index (χ4n) is 3.84. The summed E-state index contributed by atoms with van der Waals surface area (Å²) in [6, 6.07) is 9.31. The van der Waals surface area contributed by atoms with Gasteiger partial charge in [0.15, 0.2) is 0 Å². The summed E-state index contributed by atoms with van der Waals surface area (Å²) in [5.74, 6) is -1.90. The monoisotopic (exact) mass is 427 g/mol. The summed E-state index contributed by atoms with van der Waals surface area (Å²) in [7, 11) is -4.06. The van der Waals surface area contributed by atoms with Gasteiger partial charge >= 0.3 is 0 Å². The lowest BCUT2D eigenvalue weighted by atomic mass is 9.96. The molecule has 1 spiro atoms. The van der Waals surface area contributed by atoms with Gasteiger partial charge in [0.1, 0.15) is 22.2 Å². The van der Waals surface area contributed by atoms with Crippen LogP contribution in [0.15, 0.2) is 41.3 Å². The number of hydrogen-bond donors (Lipinski definition) is 2. The number of benzene rings is 2. The van der Waals surface area contributed by atoms with Gasteiger partial charge in [-0.1, -0.05) is 23.7 Å². The number of fused-ring (bicyclic) bond motifs is 1. The maximum absolute atomic E-state index is 14.0. The maximum atomic E-state index is 14.0. The van der Waals surface area contributed by atoms with Crippen molar-refractivity contribution in [2.24, 2.45) is 0 Å². The molecule has 0 aliphatic carbocycles. The summed E-state index contributed by atoms with van der Waals surface area (Å²) >= 11 is 5.90. The summed E-state index contributed by atoms with van der Waals surface area (Å²) in [4.78, 5) is 1.72. The highest BCUT2D eigenvalue weighted by atomic mass is 35.5.